The van der Waals surface area contributed by atoms with Crippen LogP contribution in [0, 0.1) is 0 Å². The molecule has 1 unspecified atom stereocenters. The van der Waals surface area contributed by atoms with Crippen LogP contribution in [0.5, 0.6) is 0 Å². The van der Waals surface area contributed by atoms with Gasteiger partial charge in [0.1, 0.15) is 0 Å². The first-order valence-electron chi connectivity index (χ1n) is 7.33. The third kappa shape index (κ3) is 4.04. The number of benzene rings is 1. The maximum Gasteiger partial charge on any atom is 0.417 e. The van der Waals surface area contributed by atoms with E-state index in [9.17, 15) is 26.4 Å². The van der Waals surface area contributed by atoms with Gasteiger partial charge < -0.3 is 4.90 Å². The second-order valence-corrected chi connectivity index (χ2v) is 7.83. The van der Waals surface area contributed by atoms with Gasteiger partial charge in [0, 0.05) is 12.6 Å². The van der Waals surface area contributed by atoms with E-state index in [-0.39, 0.29) is 24.5 Å². The fraction of sp³-hybridized carbons (Fsp3) is 0.533. The first-order valence-corrected chi connectivity index (χ1v) is 9.15. The van der Waals surface area contributed by atoms with Gasteiger partial charge in [-0.05, 0) is 25.0 Å². The Bertz CT molecular complexity index is 685. The number of nitrogens with zero attached hydrogens (tertiary/aromatic N) is 1. The van der Waals surface area contributed by atoms with Crippen LogP contribution < -0.4 is 0 Å². The fourth-order valence-electron chi connectivity index (χ4n) is 2.78. The SMILES string of the molecule is CCCN(C(=O)c1ccccc1C(F)(F)F)C1CCS(=O)(=O)C1. The quantitative estimate of drug-likeness (QED) is 0.840. The van der Waals surface area contributed by atoms with Crippen molar-refractivity contribution in [2.75, 3.05) is 18.1 Å². The maximum atomic E-state index is 13.1. The number of amides is 1. The molecule has 1 aliphatic rings. The van der Waals surface area contributed by atoms with Crippen LogP contribution in [0.15, 0.2) is 24.3 Å². The summed E-state index contributed by atoms with van der Waals surface area (Å²) in [5.41, 5.74) is -1.43. The molecule has 1 aromatic rings. The second kappa shape index (κ2) is 6.51. The summed E-state index contributed by atoms with van der Waals surface area (Å²) < 4.78 is 62.5. The third-order valence-corrected chi connectivity index (χ3v) is 5.59. The molecule has 2 rings (SSSR count). The van der Waals surface area contributed by atoms with Crippen molar-refractivity contribution in [3.05, 3.63) is 35.4 Å². The van der Waals surface area contributed by atoms with Crippen molar-refractivity contribution >= 4 is 15.7 Å². The summed E-state index contributed by atoms with van der Waals surface area (Å²) in [6.45, 7) is 2.02. The van der Waals surface area contributed by atoms with E-state index in [4.69, 9.17) is 0 Å². The molecule has 23 heavy (non-hydrogen) atoms. The van der Waals surface area contributed by atoms with Gasteiger partial charge >= 0.3 is 6.18 Å². The standard InChI is InChI=1S/C15H18F3NO3S/c1-2-8-19(11-7-9-23(21,22)10-11)14(20)12-5-3-4-6-13(12)15(16,17)18/h3-6,11H,2,7-10H2,1H3. The molecule has 1 aromatic carbocycles. The van der Waals surface area contributed by atoms with E-state index in [2.05, 4.69) is 0 Å². The zero-order chi connectivity index (χ0) is 17.3. The number of sulfone groups is 1. The van der Waals surface area contributed by atoms with Gasteiger partial charge in [-0.1, -0.05) is 19.1 Å². The number of alkyl halides is 3. The molecule has 0 N–H and O–H groups in total. The van der Waals surface area contributed by atoms with Gasteiger partial charge in [0.15, 0.2) is 9.84 Å². The van der Waals surface area contributed by atoms with E-state index in [0.29, 0.717) is 6.42 Å². The lowest BCUT2D eigenvalue weighted by molar-refractivity contribution is -0.138. The Hall–Kier alpha value is -1.57. The van der Waals surface area contributed by atoms with E-state index in [1.807, 2.05) is 0 Å². The van der Waals surface area contributed by atoms with E-state index in [1.54, 1.807) is 6.92 Å². The molecule has 1 saturated heterocycles. The first kappa shape index (κ1) is 17.8. The van der Waals surface area contributed by atoms with Crippen molar-refractivity contribution in [3.8, 4) is 0 Å². The molecule has 128 valence electrons. The molecule has 0 aromatic heterocycles. The monoisotopic (exact) mass is 349 g/mol. The van der Waals surface area contributed by atoms with E-state index in [1.165, 1.54) is 17.0 Å². The second-order valence-electron chi connectivity index (χ2n) is 5.60. The Morgan fingerprint density at radius 2 is 1.96 bits per heavy atom. The van der Waals surface area contributed by atoms with Crippen molar-refractivity contribution in [3.63, 3.8) is 0 Å². The van der Waals surface area contributed by atoms with Gasteiger partial charge in [0.25, 0.3) is 5.91 Å². The number of carbonyl (C=O) groups is 1. The normalized spacial score (nSPS) is 20.4. The van der Waals surface area contributed by atoms with Gasteiger partial charge in [-0.3, -0.25) is 4.79 Å². The topological polar surface area (TPSA) is 54.5 Å². The molecule has 1 aliphatic heterocycles. The van der Waals surface area contributed by atoms with Crippen molar-refractivity contribution < 1.29 is 26.4 Å². The fourth-order valence-corrected chi connectivity index (χ4v) is 4.51. The molecule has 1 heterocycles. The highest BCUT2D eigenvalue weighted by molar-refractivity contribution is 7.91. The smallest absolute Gasteiger partial charge is 0.335 e. The third-order valence-electron chi connectivity index (χ3n) is 3.84. The van der Waals surface area contributed by atoms with Crippen molar-refractivity contribution in [2.45, 2.75) is 32.0 Å². The average Bonchev–Trinajstić information content (AvgIpc) is 2.83. The van der Waals surface area contributed by atoms with E-state index < -0.39 is 39.1 Å². The highest BCUT2D eigenvalue weighted by Gasteiger charge is 2.39. The Morgan fingerprint density at radius 1 is 1.30 bits per heavy atom. The zero-order valence-electron chi connectivity index (χ0n) is 12.6. The summed E-state index contributed by atoms with van der Waals surface area (Å²) in [6.07, 6.45) is -3.83. The molecule has 0 radical (unpaired) electrons. The van der Waals surface area contributed by atoms with Gasteiger partial charge in [-0.2, -0.15) is 13.2 Å². The van der Waals surface area contributed by atoms with Crippen LogP contribution in [0.4, 0.5) is 13.2 Å². The number of hydrogen-bond acceptors (Lipinski definition) is 3. The van der Waals surface area contributed by atoms with Crippen molar-refractivity contribution in [1.29, 1.82) is 0 Å². The van der Waals surface area contributed by atoms with E-state index in [0.717, 1.165) is 12.1 Å². The Kier molecular flexibility index (Phi) is 5.03. The molecule has 1 atom stereocenters. The summed E-state index contributed by atoms with van der Waals surface area (Å²) in [5, 5.41) is 0. The molecule has 1 fully saturated rings. The highest BCUT2D eigenvalue weighted by atomic mass is 32.2. The largest absolute Gasteiger partial charge is 0.417 e. The van der Waals surface area contributed by atoms with Crippen molar-refractivity contribution in [2.24, 2.45) is 0 Å². The van der Waals surface area contributed by atoms with Gasteiger partial charge in [0.05, 0.1) is 22.6 Å². The molecule has 1 amide bonds. The van der Waals surface area contributed by atoms with Gasteiger partial charge in [-0.15, -0.1) is 0 Å². The number of halogens is 3. The lowest BCUT2D eigenvalue weighted by Crippen LogP contribution is -2.42. The van der Waals surface area contributed by atoms with Gasteiger partial charge in [-0.25, -0.2) is 8.42 Å². The van der Waals surface area contributed by atoms with Crippen LogP contribution in [-0.4, -0.2) is 43.3 Å². The number of hydrogen-bond donors (Lipinski definition) is 0. The minimum Gasteiger partial charge on any atom is -0.335 e. The van der Waals surface area contributed by atoms with Crippen LogP contribution in [0.1, 0.15) is 35.7 Å². The molecule has 0 spiro atoms. The molecule has 4 nitrogen and oxygen atoms in total. The summed E-state index contributed by atoms with van der Waals surface area (Å²) in [5.74, 6) is -0.985. The first-order chi connectivity index (χ1) is 10.7. The predicted molar refractivity (Wildman–Crippen MR) is 79.8 cm³/mol. The average molecular weight is 349 g/mol. The van der Waals surface area contributed by atoms with Gasteiger partial charge in [0.2, 0.25) is 0 Å². The van der Waals surface area contributed by atoms with Crippen LogP contribution in [0.3, 0.4) is 0 Å². The van der Waals surface area contributed by atoms with Crippen LogP contribution in [-0.2, 0) is 16.0 Å². The minimum absolute atomic E-state index is 0.0356. The van der Waals surface area contributed by atoms with Crippen LogP contribution >= 0.6 is 0 Å². The lowest BCUT2D eigenvalue weighted by Gasteiger charge is -2.29. The van der Waals surface area contributed by atoms with E-state index >= 15 is 0 Å². The zero-order valence-corrected chi connectivity index (χ0v) is 13.5. The van der Waals surface area contributed by atoms with Crippen LogP contribution in [0.2, 0.25) is 0 Å². The maximum absolute atomic E-state index is 13.1. The summed E-state index contributed by atoms with van der Waals surface area (Å²) in [6, 6.07) is 4.04. The molecule has 0 bridgehead atoms. The Balaban J connectivity index is 2.36. The molecular weight excluding hydrogens is 331 g/mol. The summed E-state index contributed by atoms with van der Waals surface area (Å²) in [4.78, 5) is 13.9. The molecule has 8 heteroatoms. The molecular formula is C15H18F3NO3S. The summed E-state index contributed by atoms with van der Waals surface area (Å²) >= 11 is 0. The van der Waals surface area contributed by atoms with Crippen LogP contribution in [0.25, 0.3) is 0 Å². The number of carbonyl (C=O) groups excluding carboxylic acids is 1. The number of rotatable bonds is 4. The molecule has 0 aliphatic carbocycles. The summed E-state index contributed by atoms with van der Waals surface area (Å²) in [7, 11) is -3.23. The predicted octanol–water partition coefficient (Wildman–Crippen LogP) is 2.74. The highest BCUT2D eigenvalue weighted by Crippen LogP contribution is 2.33. The molecule has 0 saturated carbocycles. The Labute approximate surface area is 133 Å². The van der Waals surface area contributed by atoms with Crippen molar-refractivity contribution in [1.82, 2.24) is 4.90 Å². The Morgan fingerprint density at radius 3 is 2.48 bits per heavy atom. The minimum atomic E-state index is -4.63. The lowest BCUT2D eigenvalue weighted by atomic mass is 10.0.